The maximum atomic E-state index is 6.35. The summed E-state index contributed by atoms with van der Waals surface area (Å²) in [6.07, 6.45) is 0. The number of nitrogens with zero attached hydrogens (tertiary/aromatic N) is 2. The van der Waals surface area contributed by atoms with E-state index < -0.39 is 0 Å². The highest BCUT2D eigenvalue weighted by molar-refractivity contribution is 6.13. The van der Waals surface area contributed by atoms with Gasteiger partial charge in [0.05, 0.1) is 17.1 Å². The SMILES string of the molecule is CC(=Nc1c(C)cc(C)cc1C)c1ccc(C(=Nc2c(C)cc(C)cc2C)c2ccccc2)o1. The van der Waals surface area contributed by atoms with E-state index in [9.17, 15) is 0 Å². The molecule has 0 aliphatic heterocycles. The third-order valence-electron chi connectivity index (χ3n) is 6.02. The topological polar surface area (TPSA) is 37.9 Å². The third-order valence-corrected chi connectivity index (χ3v) is 6.02. The van der Waals surface area contributed by atoms with Gasteiger partial charge in [0.25, 0.3) is 0 Å². The lowest BCUT2D eigenvalue weighted by Crippen LogP contribution is -2.02. The molecule has 3 aromatic carbocycles. The van der Waals surface area contributed by atoms with Crippen LogP contribution in [0.15, 0.2) is 81.1 Å². The lowest BCUT2D eigenvalue weighted by atomic mass is 10.0. The predicted octanol–water partition coefficient (Wildman–Crippen LogP) is 8.44. The fraction of sp³-hybridized carbons (Fsp3) is 0.226. The Bertz CT molecular complexity index is 1360. The number of furan rings is 1. The molecule has 34 heavy (non-hydrogen) atoms. The highest BCUT2D eigenvalue weighted by Crippen LogP contribution is 2.29. The van der Waals surface area contributed by atoms with E-state index in [0.29, 0.717) is 0 Å². The fourth-order valence-electron chi connectivity index (χ4n) is 4.55. The first kappa shape index (κ1) is 23.4. The Labute approximate surface area is 202 Å². The molecule has 172 valence electrons. The Morgan fingerprint density at radius 3 is 1.59 bits per heavy atom. The first-order valence-electron chi connectivity index (χ1n) is 11.7. The highest BCUT2D eigenvalue weighted by atomic mass is 16.3. The van der Waals surface area contributed by atoms with Crippen molar-refractivity contribution in [1.29, 1.82) is 0 Å². The van der Waals surface area contributed by atoms with Gasteiger partial charge in [-0.1, -0.05) is 65.7 Å². The van der Waals surface area contributed by atoms with Gasteiger partial charge < -0.3 is 4.42 Å². The van der Waals surface area contributed by atoms with Crippen LogP contribution >= 0.6 is 0 Å². The zero-order valence-corrected chi connectivity index (χ0v) is 21.2. The quantitative estimate of drug-likeness (QED) is 0.282. The molecule has 4 rings (SSSR count). The van der Waals surface area contributed by atoms with E-state index in [-0.39, 0.29) is 0 Å². The molecule has 3 heteroatoms. The molecule has 0 radical (unpaired) electrons. The van der Waals surface area contributed by atoms with E-state index in [1.165, 1.54) is 22.3 Å². The van der Waals surface area contributed by atoms with E-state index in [4.69, 9.17) is 14.4 Å². The van der Waals surface area contributed by atoms with Gasteiger partial charge in [-0.2, -0.15) is 0 Å². The Hall–Kier alpha value is -3.72. The van der Waals surface area contributed by atoms with E-state index >= 15 is 0 Å². The van der Waals surface area contributed by atoms with Gasteiger partial charge in [0.2, 0.25) is 0 Å². The first-order chi connectivity index (χ1) is 16.2. The van der Waals surface area contributed by atoms with Gasteiger partial charge >= 0.3 is 0 Å². The number of aliphatic imine (C=N–C) groups is 2. The van der Waals surface area contributed by atoms with Crippen molar-refractivity contribution >= 4 is 22.8 Å². The summed E-state index contributed by atoms with van der Waals surface area (Å²) in [5, 5.41) is 0. The lowest BCUT2D eigenvalue weighted by molar-refractivity contribution is 0.548. The van der Waals surface area contributed by atoms with E-state index in [1.807, 2.05) is 37.3 Å². The average Bonchev–Trinajstić information content (AvgIpc) is 3.26. The zero-order valence-electron chi connectivity index (χ0n) is 21.2. The molecule has 0 bridgehead atoms. The predicted molar refractivity (Wildman–Crippen MR) is 144 cm³/mol. The maximum absolute atomic E-state index is 6.35. The van der Waals surface area contributed by atoms with Crippen molar-refractivity contribution in [2.75, 3.05) is 0 Å². The van der Waals surface area contributed by atoms with Gasteiger partial charge in [-0.15, -0.1) is 0 Å². The second-order valence-electron chi connectivity index (χ2n) is 9.18. The van der Waals surface area contributed by atoms with Crippen molar-refractivity contribution in [3.8, 4) is 0 Å². The molecule has 0 amide bonds. The summed E-state index contributed by atoms with van der Waals surface area (Å²) in [5.41, 5.74) is 11.8. The van der Waals surface area contributed by atoms with Crippen molar-refractivity contribution in [1.82, 2.24) is 0 Å². The molecule has 0 atom stereocenters. The van der Waals surface area contributed by atoms with E-state index in [1.54, 1.807) is 0 Å². The summed E-state index contributed by atoms with van der Waals surface area (Å²) in [4.78, 5) is 10.0. The van der Waals surface area contributed by atoms with Gasteiger partial charge in [-0.3, -0.25) is 0 Å². The summed E-state index contributed by atoms with van der Waals surface area (Å²) in [6, 6.07) is 22.9. The first-order valence-corrected chi connectivity index (χ1v) is 11.7. The molecule has 3 nitrogen and oxygen atoms in total. The molecule has 0 fully saturated rings. The normalized spacial score (nSPS) is 12.3. The van der Waals surface area contributed by atoms with Gasteiger partial charge in [-0.05, 0) is 82.9 Å². The summed E-state index contributed by atoms with van der Waals surface area (Å²) in [5.74, 6) is 1.47. The molecule has 0 saturated heterocycles. The lowest BCUT2D eigenvalue weighted by Gasteiger charge is -2.10. The molecule has 0 N–H and O–H groups in total. The number of hydrogen-bond donors (Lipinski definition) is 0. The van der Waals surface area contributed by atoms with Gasteiger partial charge in [0, 0.05) is 5.56 Å². The van der Waals surface area contributed by atoms with Crippen LogP contribution < -0.4 is 0 Å². The highest BCUT2D eigenvalue weighted by Gasteiger charge is 2.15. The minimum Gasteiger partial charge on any atom is -0.453 e. The maximum Gasteiger partial charge on any atom is 0.153 e. The van der Waals surface area contributed by atoms with Crippen LogP contribution in [0.5, 0.6) is 0 Å². The number of benzene rings is 3. The van der Waals surface area contributed by atoms with E-state index in [0.717, 1.165) is 51.0 Å². The second-order valence-corrected chi connectivity index (χ2v) is 9.18. The monoisotopic (exact) mass is 448 g/mol. The van der Waals surface area contributed by atoms with Crippen LogP contribution in [0, 0.1) is 41.5 Å². The zero-order chi connectivity index (χ0) is 24.4. The minimum atomic E-state index is 0.729. The minimum absolute atomic E-state index is 0.729. The molecule has 0 spiro atoms. The summed E-state index contributed by atoms with van der Waals surface area (Å²) < 4.78 is 6.35. The summed E-state index contributed by atoms with van der Waals surface area (Å²) in [6.45, 7) is 14.6. The molecule has 4 aromatic rings. The molecular formula is C31H32N2O. The van der Waals surface area contributed by atoms with Crippen molar-refractivity contribution < 1.29 is 4.42 Å². The number of rotatable bonds is 5. The molecule has 1 heterocycles. The third kappa shape index (κ3) is 4.94. The van der Waals surface area contributed by atoms with Gasteiger partial charge in [-0.25, -0.2) is 9.98 Å². The molecule has 0 unspecified atom stereocenters. The van der Waals surface area contributed by atoms with Crippen molar-refractivity contribution in [2.45, 2.75) is 48.5 Å². The Kier molecular flexibility index (Phi) is 6.65. The standard InChI is InChI=1S/C31H32N2O/c1-19-15-21(3)29(22(4)16-19)32-25(7)27-13-14-28(34-27)31(26-11-9-8-10-12-26)33-30-23(5)17-20(2)18-24(30)6/h8-18H,1-7H3. The van der Waals surface area contributed by atoms with Crippen LogP contribution in [0.25, 0.3) is 0 Å². The molecule has 0 aliphatic rings. The van der Waals surface area contributed by atoms with Crippen molar-refractivity contribution in [2.24, 2.45) is 9.98 Å². The molecule has 0 aliphatic carbocycles. The molecular weight excluding hydrogens is 416 g/mol. The molecule has 1 aromatic heterocycles. The van der Waals surface area contributed by atoms with Crippen LogP contribution in [-0.2, 0) is 0 Å². The van der Waals surface area contributed by atoms with Crippen LogP contribution in [0.3, 0.4) is 0 Å². The van der Waals surface area contributed by atoms with Crippen LogP contribution in [0.4, 0.5) is 11.4 Å². The van der Waals surface area contributed by atoms with E-state index in [2.05, 4.69) is 77.9 Å². The number of aryl methyl sites for hydroxylation is 6. The fourth-order valence-corrected chi connectivity index (χ4v) is 4.55. The van der Waals surface area contributed by atoms with Crippen LogP contribution in [0.1, 0.15) is 57.4 Å². The van der Waals surface area contributed by atoms with Gasteiger partial charge in [0.15, 0.2) is 5.76 Å². The second kappa shape index (κ2) is 9.64. The Morgan fingerprint density at radius 2 is 1.06 bits per heavy atom. The average molecular weight is 449 g/mol. The van der Waals surface area contributed by atoms with Crippen molar-refractivity contribution in [3.05, 3.63) is 117 Å². The summed E-state index contributed by atoms with van der Waals surface area (Å²) >= 11 is 0. The number of hydrogen-bond acceptors (Lipinski definition) is 3. The smallest absolute Gasteiger partial charge is 0.153 e. The Morgan fingerprint density at radius 1 is 0.588 bits per heavy atom. The van der Waals surface area contributed by atoms with Crippen molar-refractivity contribution in [3.63, 3.8) is 0 Å². The van der Waals surface area contributed by atoms with Crippen LogP contribution in [0.2, 0.25) is 0 Å². The van der Waals surface area contributed by atoms with Gasteiger partial charge in [0.1, 0.15) is 11.5 Å². The summed E-state index contributed by atoms with van der Waals surface area (Å²) in [7, 11) is 0. The largest absolute Gasteiger partial charge is 0.453 e. The molecule has 0 saturated carbocycles. The Balaban J connectivity index is 1.80. The van der Waals surface area contributed by atoms with Crippen LogP contribution in [-0.4, -0.2) is 11.4 Å².